The average Bonchev–Trinajstić information content (AvgIpc) is 2.98. The third kappa shape index (κ3) is 2.97. The van der Waals surface area contributed by atoms with Crippen LogP contribution in [-0.2, 0) is 10.2 Å². The first-order valence-corrected chi connectivity index (χ1v) is 8.84. The van der Waals surface area contributed by atoms with Gasteiger partial charge in [-0.25, -0.2) is 0 Å². The molecule has 0 atom stereocenters. The van der Waals surface area contributed by atoms with Gasteiger partial charge in [-0.15, -0.1) is 0 Å². The molecular weight excluding hydrogens is 316 g/mol. The Bertz CT molecular complexity index is 787. The number of hydrogen-bond acceptors (Lipinski definition) is 3. The van der Waals surface area contributed by atoms with Gasteiger partial charge in [0, 0.05) is 51.2 Å². The lowest BCUT2D eigenvalue weighted by molar-refractivity contribution is 0.0690. The molecule has 1 fully saturated rings. The largest absolute Gasteiger partial charge is 0.351 e. The van der Waals surface area contributed by atoms with Crippen LogP contribution in [0.5, 0.6) is 0 Å². The zero-order valence-corrected chi connectivity index (χ0v) is 14.0. The maximum atomic E-state index is 12.6. The minimum atomic E-state index is -3.41. The fraction of sp³-hybridized carbons (Fsp3) is 0.400. The van der Waals surface area contributed by atoms with E-state index in [4.69, 9.17) is 0 Å². The molecule has 0 radical (unpaired) electrons. The molecule has 1 N–H and O–H groups in total. The van der Waals surface area contributed by atoms with Crippen LogP contribution in [0.15, 0.2) is 30.3 Å². The van der Waals surface area contributed by atoms with E-state index in [1.165, 1.54) is 22.7 Å². The Kier molecular flexibility index (Phi) is 4.13. The van der Waals surface area contributed by atoms with E-state index in [1.807, 2.05) is 30.3 Å². The molecule has 23 heavy (non-hydrogen) atoms. The number of nitrogens with one attached hydrogen (secondary N) is 1. The number of aromatic amines is 1. The zero-order valence-electron chi connectivity index (χ0n) is 13.2. The van der Waals surface area contributed by atoms with Crippen LogP contribution >= 0.6 is 0 Å². The highest BCUT2D eigenvalue weighted by Gasteiger charge is 2.30. The molecule has 1 aliphatic rings. The molecule has 0 saturated carbocycles. The summed E-state index contributed by atoms with van der Waals surface area (Å²) >= 11 is 0. The van der Waals surface area contributed by atoms with E-state index in [0.29, 0.717) is 31.9 Å². The molecule has 1 aliphatic heterocycles. The van der Waals surface area contributed by atoms with Crippen molar-refractivity contribution < 1.29 is 13.2 Å². The molecule has 3 rings (SSSR count). The van der Waals surface area contributed by atoms with Gasteiger partial charge in [0.1, 0.15) is 5.69 Å². The van der Waals surface area contributed by atoms with Crippen LogP contribution in [0.3, 0.4) is 0 Å². The van der Waals surface area contributed by atoms with E-state index in [-0.39, 0.29) is 5.91 Å². The maximum Gasteiger partial charge on any atom is 0.281 e. The molecule has 0 spiro atoms. The summed E-state index contributed by atoms with van der Waals surface area (Å²) in [5.41, 5.74) is 1.46. The predicted molar refractivity (Wildman–Crippen MR) is 88.4 cm³/mol. The molecule has 0 unspecified atom stereocenters. The maximum absolute atomic E-state index is 12.6. The lowest BCUT2D eigenvalue weighted by Gasteiger charge is -2.34. The number of benzene rings is 1. The first-order valence-electron chi connectivity index (χ1n) is 7.44. The fourth-order valence-corrected chi connectivity index (χ4v) is 3.80. The van der Waals surface area contributed by atoms with Crippen LogP contribution in [0.4, 0.5) is 0 Å². The second-order valence-electron chi connectivity index (χ2n) is 5.75. The van der Waals surface area contributed by atoms with Crippen molar-refractivity contribution in [3.63, 3.8) is 0 Å². The first-order chi connectivity index (χ1) is 10.9. The number of carbonyl (C=O) groups is 1. The number of nitrogens with zero attached hydrogens (tertiary/aromatic N) is 3. The molecular formula is C15H20N4O3S. The Morgan fingerprint density at radius 2 is 1.78 bits per heavy atom. The van der Waals surface area contributed by atoms with Gasteiger partial charge < -0.3 is 9.88 Å². The van der Waals surface area contributed by atoms with Gasteiger partial charge in [-0.05, 0) is 12.1 Å². The van der Waals surface area contributed by atoms with Gasteiger partial charge >= 0.3 is 0 Å². The third-order valence-corrected chi connectivity index (χ3v) is 6.01. The second-order valence-corrected chi connectivity index (χ2v) is 7.89. The molecule has 0 aliphatic carbocycles. The van der Waals surface area contributed by atoms with Gasteiger partial charge in [0.15, 0.2) is 0 Å². The van der Waals surface area contributed by atoms with Gasteiger partial charge in [0.25, 0.3) is 16.1 Å². The van der Waals surface area contributed by atoms with Crippen LogP contribution in [0.1, 0.15) is 10.5 Å². The summed E-state index contributed by atoms with van der Waals surface area (Å²) in [5.74, 6) is -0.0944. The normalized spacial score (nSPS) is 17.1. The summed E-state index contributed by atoms with van der Waals surface area (Å²) in [6, 6.07) is 9.55. The summed E-state index contributed by atoms with van der Waals surface area (Å²) in [7, 11) is -0.391. The molecule has 1 aromatic heterocycles. The summed E-state index contributed by atoms with van der Waals surface area (Å²) in [6.07, 6.45) is 0. The van der Waals surface area contributed by atoms with Crippen molar-refractivity contribution >= 4 is 27.0 Å². The molecule has 8 heteroatoms. The summed E-state index contributed by atoms with van der Waals surface area (Å²) in [6.45, 7) is 1.40. The lowest BCUT2D eigenvalue weighted by atomic mass is 10.2. The number of fused-ring (bicyclic) bond motifs is 1. The summed E-state index contributed by atoms with van der Waals surface area (Å²) in [4.78, 5) is 17.4. The Morgan fingerprint density at radius 3 is 2.39 bits per heavy atom. The van der Waals surface area contributed by atoms with Gasteiger partial charge in [0.2, 0.25) is 0 Å². The Labute approximate surface area is 135 Å². The topological polar surface area (TPSA) is 76.7 Å². The highest BCUT2D eigenvalue weighted by Crippen LogP contribution is 2.17. The number of H-pyrrole nitrogens is 1. The van der Waals surface area contributed by atoms with Crippen molar-refractivity contribution in [2.45, 2.75) is 0 Å². The van der Waals surface area contributed by atoms with E-state index >= 15 is 0 Å². The lowest BCUT2D eigenvalue weighted by Crippen LogP contribution is -2.53. The van der Waals surface area contributed by atoms with Gasteiger partial charge in [0.05, 0.1) is 0 Å². The van der Waals surface area contributed by atoms with Crippen molar-refractivity contribution in [2.24, 2.45) is 0 Å². The van der Waals surface area contributed by atoms with E-state index in [9.17, 15) is 13.2 Å². The second kappa shape index (κ2) is 5.95. The van der Waals surface area contributed by atoms with Crippen LogP contribution in [0.2, 0.25) is 0 Å². The number of carbonyl (C=O) groups excluding carboxylic acids is 1. The molecule has 1 aromatic carbocycles. The molecule has 7 nitrogen and oxygen atoms in total. The van der Waals surface area contributed by atoms with Crippen molar-refractivity contribution in [1.29, 1.82) is 0 Å². The molecule has 1 amide bonds. The van der Waals surface area contributed by atoms with Crippen molar-refractivity contribution in [1.82, 2.24) is 18.5 Å². The Balaban J connectivity index is 1.71. The standard InChI is InChI=1S/C15H20N4O3S/c1-17(2)23(21,22)19-9-7-18(8-10-19)15(20)14-11-12-5-3-4-6-13(12)16-14/h3-6,11,16H,7-10H2,1-2H3. The van der Waals surface area contributed by atoms with Crippen LogP contribution < -0.4 is 0 Å². The smallest absolute Gasteiger partial charge is 0.281 e. The fourth-order valence-electron chi connectivity index (χ4n) is 2.71. The van der Waals surface area contributed by atoms with E-state index in [1.54, 1.807) is 4.90 Å². The quantitative estimate of drug-likeness (QED) is 0.898. The van der Waals surface area contributed by atoms with Crippen LogP contribution in [-0.4, -0.2) is 73.1 Å². The van der Waals surface area contributed by atoms with Crippen molar-refractivity contribution in [3.05, 3.63) is 36.0 Å². The molecule has 2 heterocycles. The van der Waals surface area contributed by atoms with Crippen molar-refractivity contribution in [2.75, 3.05) is 40.3 Å². The number of rotatable bonds is 3. The first kappa shape index (κ1) is 16.0. The highest BCUT2D eigenvalue weighted by molar-refractivity contribution is 7.86. The molecule has 2 aromatic rings. The minimum absolute atomic E-state index is 0.0944. The summed E-state index contributed by atoms with van der Waals surface area (Å²) < 4.78 is 26.8. The minimum Gasteiger partial charge on any atom is -0.351 e. The number of aromatic nitrogens is 1. The number of piperazine rings is 1. The predicted octanol–water partition coefficient (Wildman–Crippen LogP) is 0.732. The number of amides is 1. The van der Waals surface area contributed by atoms with Crippen LogP contribution in [0, 0.1) is 0 Å². The molecule has 1 saturated heterocycles. The van der Waals surface area contributed by atoms with Gasteiger partial charge in [-0.3, -0.25) is 4.79 Å². The van der Waals surface area contributed by atoms with E-state index < -0.39 is 10.2 Å². The van der Waals surface area contributed by atoms with E-state index in [0.717, 1.165) is 10.9 Å². The monoisotopic (exact) mass is 336 g/mol. The zero-order chi connectivity index (χ0) is 16.6. The molecule has 0 bridgehead atoms. The Morgan fingerprint density at radius 1 is 1.13 bits per heavy atom. The number of hydrogen-bond donors (Lipinski definition) is 1. The Hall–Kier alpha value is -1.90. The van der Waals surface area contributed by atoms with E-state index in [2.05, 4.69) is 4.98 Å². The summed E-state index contributed by atoms with van der Waals surface area (Å²) in [5, 5.41) is 0.990. The average molecular weight is 336 g/mol. The molecule has 124 valence electrons. The third-order valence-electron chi connectivity index (χ3n) is 4.07. The highest BCUT2D eigenvalue weighted by atomic mass is 32.2. The number of para-hydroxylation sites is 1. The van der Waals surface area contributed by atoms with Gasteiger partial charge in [-0.1, -0.05) is 18.2 Å². The van der Waals surface area contributed by atoms with Gasteiger partial charge in [-0.2, -0.15) is 17.0 Å². The SMILES string of the molecule is CN(C)S(=O)(=O)N1CCN(C(=O)c2cc3ccccc3[nH]2)CC1. The van der Waals surface area contributed by atoms with Crippen molar-refractivity contribution in [3.8, 4) is 0 Å². The van der Waals surface area contributed by atoms with Crippen LogP contribution in [0.25, 0.3) is 10.9 Å².